The Hall–Kier alpha value is -1.52. The molecule has 1 aromatic heterocycles. The molecule has 0 bridgehead atoms. The van der Waals surface area contributed by atoms with Crippen LogP contribution in [0.5, 0.6) is 0 Å². The van der Waals surface area contributed by atoms with Crippen molar-refractivity contribution >= 4 is 29.3 Å². The van der Waals surface area contributed by atoms with E-state index in [1.165, 1.54) is 0 Å². The summed E-state index contributed by atoms with van der Waals surface area (Å²) in [5, 5.41) is 6.91. The van der Waals surface area contributed by atoms with E-state index in [4.69, 9.17) is 4.42 Å². The lowest BCUT2D eigenvalue weighted by Crippen LogP contribution is -2.37. The highest BCUT2D eigenvalue weighted by molar-refractivity contribution is 5.98. The minimum Gasteiger partial charge on any atom is -0.451 e. The third kappa shape index (κ3) is 3.28. The first kappa shape index (κ1) is 15.5. The van der Waals surface area contributed by atoms with E-state index in [1.54, 1.807) is 0 Å². The zero-order valence-electron chi connectivity index (χ0n) is 11.3. The van der Waals surface area contributed by atoms with Crippen LogP contribution in [0, 0.1) is 6.92 Å². The van der Waals surface area contributed by atoms with Crippen molar-refractivity contribution in [2.75, 3.05) is 13.6 Å². The first-order valence-corrected chi connectivity index (χ1v) is 6.07. The molecule has 0 aliphatic rings. The molecule has 0 radical (unpaired) electrons. The van der Waals surface area contributed by atoms with Crippen molar-refractivity contribution in [1.82, 2.24) is 10.6 Å². The molecule has 19 heavy (non-hydrogen) atoms. The summed E-state index contributed by atoms with van der Waals surface area (Å²) in [4.78, 5) is 12.0. The number of amides is 1. The third-order valence-electron chi connectivity index (χ3n) is 3.11. The zero-order valence-corrected chi connectivity index (χ0v) is 12.1. The summed E-state index contributed by atoms with van der Waals surface area (Å²) in [5.41, 5.74) is 1.64. The van der Waals surface area contributed by atoms with Gasteiger partial charge in [0.05, 0.1) is 0 Å². The summed E-state index contributed by atoms with van der Waals surface area (Å²) in [7, 11) is 1.86. The van der Waals surface area contributed by atoms with Gasteiger partial charge in [0.15, 0.2) is 5.76 Å². The molecule has 1 heterocycles. The lowest BCUT2D eigenvalue weighted by molar-refractivity contribution is 0.0924. The molecule has 2 aromatic rings. The number of likely N-dealkylation sites (N-methyl/N-ethyl adjacent to an activating group) is 1. The Morgan fingerprint density at radius 1 is 1.37 bits per heavy atom. The van der Waals surface area contributed by atoms with Crippen LogP contribution in [0.25, 0.3) is 11.0 Å². The highest BCUT2D eigenvalue weighted by Crippen LogP contribution is 2.24. The van der Waals surface area contributed by atoms with E-state index in [0.717, 1.165) is 16.5 Å². The van der Waals surface area contributed by atoms with E-state index in [0.29, 0.717) is 12.3 Å². The first-order chi connectivity index (χ1) is 8.63. The average Bonchev–Trinajstić information content (AvgIpc) is 2.73. The fraction of sp³-hybridized carbons (Fsp3) is 0.357. The van der Waals surface area contributed by atoms with Crippen LogP contribution in [-0.4, -0.2) is 25.5 Å². The molecule has 1 atom stereocenters. The second-order valence-electron chi connectivity index (χ2n) is 4.45. The van der Waals surface area contributed by atoms with E-state index in [2.05, 4.69) is 10.6 Å². The van der Waals surface area contributed by atoms with Gasteiger partial charge in [0.2, 0.25) is 0 Å². The van der Waals surface area contributed by atoms with Crippen molar-refractivity contribution in [3.63, 3.8) is 0 Å². The van der Waals surface area contributed by atoms with Crippen molar-refractivity contribution in [2.45, 2.75) is 19.9 Å². The average molecular weight is 283 g/mol. The van der Waals surface area contributed by atoms with Crippen LogP contribution in [0.3, 0.4) is 0 Å². The zero-order chi connectivity index (χ0) is 13.1. The van der Waals surface area contributed by atoms with Crippen molar-refractivity contribution in [3.8, 4) is 0 Å². The predicted octanol–water partition coefficient (Wildman–Crippen LogP) is 2.50. The molecule has 1 unspecified atom stereocenters. The highest BCUT2D eigenvalue weighted by Gasteiger charge is 2.17. The molecule has 104 valence electrons. The molecule has 0 spiro atoms. The molecule has 0 aliphatic carbocycles. The van der Waals surface area contributed by atoms with Gasteiger partial charge in [-0.15, -0.1) is 12.4 Å². The number of carbonyl (C=O) groups excluding carboxylic acids is 1. The number of hydrogen-bond acceptors (Lipinski definition) is 3. The van der Waals surface area contributed by atoms with E-state index in [9.17, 15) is 4.79 Å². The van der Waals surface area contributed by atoms with E-state index in [-0.39, 0.29) is 24.4 Å². The van der Waals surface area contributed by atoms with Gasteiger partial charge in [0.1, 0.15) is 5.58 Å². The quantitative estimate of drug-likeness (QED) is 0.906. The molecule has 0 saturated heterocycles. The van der Waals surface area contributed by atoms with E-state index < -0.39 is 0 Å². The van der Waals surface area contributed by atoms with Crippen LogP contribution < -0.4 is 10.6 Å². The molecule has 1 amide bonds. The fourth-order valence-electron chi connectivity index (χ4n) is 1.82. The van der Waals surface area contributed by atoms with Gasteiger partial charge in [-0.25, -0.2) is 0 Å². The fourth-order valence-corrected chi connectivity index (χ4v) is 1.82. The Balaban J connectivity index is 0.00000180. The number of rotatable bonds is 4. The second kappa shape index (κ2) is 6.59. The van der Waals surface area contributed by atoms with Crippen LogP contribution in [0.1, 0.15) is 23.0 Å². The van der Waals surface area contributed by atoms with Crippen LogP contribution >= 0.6 is 12.4 Å². The van der Waals surface area contributed by atoms with E-state index >= 15 is 0 Å². The van der Waals surface area contributed by atoms with Crippen LogP contribution in [0.15, 0.2) is 28.7 Å². The topological polar surface area (TPSA) is 54.3 Å². The summed E-state index contributed by atoms with van der Waals surface area (Å²) >= 11 is 0. The summed E-state index contributed by atoms with van der Waals surface area (Å²) in [6.07, 6.45) is 0. The number of para-hydroxylation sites is 1. The molecular formula is C14H19ClN2O2. The molecule has 0 saturated carbocycles. The Morgan fingerprint density at radius 2 is 2.05 bits per heavy atom. The summed E-state index contributed by atoms with van der Waals surface area (Å²) < 4.78 is 5.59. The lowest BCUT2D eigenvalue weighted by atomic mass is 10.1. The maximum atomic E-state index is 12.0. The SMILES string of the molecule is CNC(C)CNC(=O)c1oc2ccccc2c1C.Cl. The molecule has 4 nitrogen and oxygen atoms in total. The number of benzene rings is 1. The number of nitrogens with one attached hydrogen (secondary N) is 2. The Bertz CT molecular complexity index is 566. The van der Waals surface area contributed by atoms with Gasteiger partial charge in [0.25, 0.3) is 5.91 Å². The molecule has 2 rings (SSSR count). The number of hydrogen-bond donors (Lipinski definition) is 2. The molecule has 2 N–H and O–H groups in total. The highest BCUT2D eigenvalue weighted by atomic mass is 35.5. The van der Waals surface area contributed by atoms with Crippen molar-refractivity contribution in [1.29, 1.82) is 0 Å². The van der Waals surface area contributed by atoms with Crippen LogP contribution in [0.4, 0.5) is 0 Å². The molecular weight excluding hydrogens is 264 g/mol. The number of furan rings is 1. The van der Waals surface area contributed by atoms with Gasteiger partial charge in [-0.05, 0) is 27.0 Å². The largest absolute Gasteiger partial charge is 0.451 e. The van der Waals surface area contributed by atoms with Gasteiger partial charge < -0.3 is 15.1 Å². The summed E-state index contributed by atoms with van der Waals surface area (Å²) in [6.45, 7) is 4.49. The Morgan fingerprint density at radius 3 is 2.68 bits per heavy atom. The van der Waals surface area contributed by atoms with Crippen LogP contribution in [0.2, 0.25) is 0 Å². The predicted molar refractivity (Wildman–Crippen MR) is 79.1 cm³/mol. The third-order valence-corrected chi connectivity index (χ3v) is 3.11. The molecule has 5 heteroatoms. The van der Waals surface area contributed by atoms with Crippen LogP contribution in [-0.2, 0) is 0 Å². The molecule has 0 fully saturated rings. The Kier molecular flexibility index (Phi) is 5.39. The summed E-state index contributed by atoms with van der Waals surface area (Å²) in [6, 6.07) is 7.90. The van der Waals surface area contributed by atoms with Gasteiger partial charge in [-0.2, -0.15) is 0 Å². The minimum absolute atomic E-state index is 0. The first-order valence-electron chi connectivity index (χ1n) is 6.07. The van der Waals surface area contributed by atoms with E-state index in [1.807, 2.05) is 45.2 Å². The molecule has 1 aromatic carbocycles. The normalized spacial score (nSPS) is 11.9. The number of aryl methyl sites for hydroxylation is 1. The van der Waals surface area contributed by atoms with Crippen molar-refractivity contribution in [3.05, 3.63) is 35.6 Å². The smallest absolute Gasteiger partial charge is 0.287 e. The van der Waals surface area contributed by atoms with Gasteiger partial charge in [0, 0.05) is 23.5 Å². The lowest BCUT2D eigenvalue weighted by Gasteiger charge is -2.10. The van der Waals surface area contributed by atoms with Crippen molar-refractivity contribution < 1.29 is 9.21 Å². The Labute approximate surface area is 119 Å². The molecule has 0 aliphatic heterocycles. The number of carbonyl (C=O) groups is 1. The summed E-state index contributed by atoms with van der Waals surface area (Å²) in [5.74, 6) is 0.241. The van der Waals surface area contributed by atoms with Gasteiger partial charge in [-0.1, -0.05) is 18.2 Å². The minimum atomic E-state index is -0.161. The maximum Gasteiger partial charge on any atom is 0.287 e. The second-order valence-corrected chi connectivity index (χ2v) is 4.45. The van der Waals surface area contributed by atoms with Crippen molar-refractivity contribution in [2.24, 2.45) is 0 Å². The number of fused-ring (bicyclic) bond motifs is 1. The van der Waals surface area contributed by atoms with Gasteiger partial charge >= 0.3 is 0 Å². The number of halogens is 1. The van der Waals surface area contributed by atoms with Gasteiger partial charge in [-0.3, -0.25) is 4.79 Å². The maximum absolute atomic E-state index is 12.0. The monoisotopic (exact) mass is 282 g/mol. The standard InChI is InChI=1S/C14H18N2O2.ClH/c1-9(15-3)8-16-14(17)13-10(2)11-6-4-5-7-12(11)18-13;/h4-7,9,15H,8H2,1-3H3,(H,16,17);1H.